The monoisotopic (exact) mass is 438 g/mol. The van der Waals surface area contributed by atoms with Crippen LogP contribution in [0.5, 0.6) is 0 Å². The van der Waals surface area contributed by atoms with Crippen LogP contribution in [-0.4, -0.2) is 74.3 Å². The van der Waals surface area contributed by atoms with Gasteiger partial charge in [0.05, 0.1) is 11.5 Å². The molecule has 0 bridgehead atoms. The van der Waals surface area contributed by atoms with Crippen LogP contribution in [0, 0.1) is 0 Å². The van der Waals surface area contributed by atoms with E-state index in [4.69, 9.17) is 4.74 Å². The lowest BCUT2D eigenvalue weighted by Gasteiger charge is -2.31. The van der Waals surface area contributed by atoms with Gasteiger partial charge in [-0.2, -0.15) is 4.31 Å². The van der Waals surface area contributed by atoms with Gasteiger partial charge in [0.15, 0.2) is 10.8 Å². The second kappa shape index (κ2) is 8.99. The number of piperazine rings is 1. The highest BCUT2D eigenvalue weighted by atomic mass is 32.2. The third-order valence-electron chi connectivity index (χ3n) is 4.41. The van der Waals surface area contributed by atoms with Crippen molar-refractivity contribution in [2.24, 2.45) is 0 Å². The summed E-state index contributed by atoms with van der Waals surface area (Å²) < 4.78 is 32.1. The molecule has 0 unspecified atom stereocenters. The van der Waals surface area contributed by atoms with Gasteiger partial charge in [-0.15, -0.1) is 11.3 Å². The number of thiazole rings is 1. The first-order valence-corrected chi connectivity index (χ1v) is 11.4. The predicted octanol–water partition coefficient (Wildman–Crippen LogP) is 1.51. The number of hydrogen-bond donors (Lipinski definition) is 1. The van der Waals surface area contributed by atoms with Gasteiger partial charge < -0.3 is 9.64 Å². The lowest BCUT2D eigenvalue weighted by molar-refractivity contribution is 0.0520. The number of sulfonamides is 1. The van der Waals surface area contributed by atoms with Crippen LogP contribution in [0.25, 0.3) is 0 Å². The Bertz CT molecular complexity index is 997. The molecule has 1 fully saturated rings. The van der Waals surface area contributed by atoms with E-state index in [0.29, 0.717) is 26.2 Å². The van der Waals surface area contributed by atoms with E-state index in [1.54, 1.807) is 6.92 Å². The Morgan fingerprint density at radius 2 is 1.97 bits per heavy atom. The van der Waals surface area contributed by atoms with Crippen molar-refractivity contribution in [3.8, 4) is 0 Å². The minimum Gasteiger partial charge on any atom is -0.461 e. The molecule has 0 spiro atoms. The Hall–Kier alpha value is -2.34. The van der Waals surface area contributed by atoms with Gasteiger partial charge in [-0.3, -0.25) is 10.1 Å². The van der Waals surface area contributed by atoms with Crippen LogP contribution < -0.4 is 5.32 Å². The summed E-state index contributed by atoms with van der Waals surface area (Å²) in [4.78, 5) is 30.4. The number of carbonyl (C=O) groups excluding carboxylic acids is 2. The predicted molar refractivity (Wildman–Crippen MR) is 109 cm³/mol. The van der Waals surface area contributed by atoms with Gasteiger partial charge in [0.1, 0.15) is 0 Å². The number of benzene rings is 1. The standard InChI is InChI=1S/C18H22N4O5S2/c1-3-27-17(24)15-12-28-18(19-15)20-16(23)13-5-4-6-14(11-13)29(25,26)22-9-7-21(2)8-10-22/h4-6,11-12H,3,7-10H2,1-2H3,(H,19,20,23). The molecule has 0 aliphatic carbocycles. The summed E-state index contributed by atoms with van der Waals surface area (Å²) in [5.74, 6) is -1.07. The molecule has 3 rings (SSSR count). The molecule has 0 radical (unpaired) electrons. The zero-order valence-corrected chi connectivity index (χ0v) is 17.8. The number of carbonyl (C=O) groups is 2. The number of hydrogen-bond acceptors (Lipinski definition) is 8. The molecule has 2 heterocycles. The minimum atomic E-state index is -3.68. The van der Waals surface area contributed by atoms with E-state index >= 15 is 0 Å². The molecule has 1 aliphatic heterocycles. The second-order valence-corrected chi connectivity index (χ2v) is 9.24. The summed E-state index contributed by atoms with van der Waals surface area (Å²) in [5.41, 5.74) is 0.298. The molecule has 0 atom stereocenters. The maximum absolute atomic E-state index is 12.9. The van der Waals surface area contributed by atoms with Gasteiger partial charge in [-0.1, -0.05) is 6.07 Å². The maximum Gasteiger partial charge on any atom is 0.357 e. The maximum atomic E-state index is 12.9. The fourth-order valence-electron chi connectivity index (χ4n) is 2.77. The first-order valence-electron chi connectivity index (χ1n) is 9.04. The Morgan fingerprint density at radius 1 is 1.24 bits per heavy atom. The number of amides is 1. The van der Waals surface area contributed by atoms with Crippen molar-refractivity contribution in [1.82, 2.24) is 14.2 Å². The van der Waals surface area contributed by atoms with Crippen molar-refractivity contribution in [1.29, 1.82) is 0 Å². The highest BCUT2D eigenvalue weighted by Crippen LogP contribution is 2.21. The van der Waals surface area contributed by atoms with Crippen molar-refractivity contribution < 1.29 is 22.7 Å². The van der Waals surface area contributed by atoms with Crippen LogP contribution in [0.15, 0.2) is 34.5 Å². The van der Waals surface area contributed by atoms with Gasteiger partial charge in [0.25, 0.3) is 5.91 Å². The van der Waals surface area contributed by atoms with Gasteiger partial charge in [-0.05, 0) is 32.2 Å². The van der Waals surface area contributed by atoms with Crippen molar-refractivity contribution in [3.05, 3.63) is 40.9 Å². The summed E-state index contributed by atoms with van der Waals surface area (Å²) in [5, 5.41) is 4.30. The number of ether oxygens (including phenoxy) is 1. The van der Waals surface area contributed by atoms with Crippen molar-refractivity contribution in [2.45, 2.75) is 11.8 Å². The highest BCUT2D eigenvalue weighted by molar-refractivity contribution is 7.89. The Kier molecular flexibility index (Phi) is 6.63. The lowest BCUT2D eigenvalue weighted by Crippen LogP contribution is -2.47. The first-order chi connectivity index (χ1) is 13.8. The molecule has 1 amide bonds. The quantitative estimate of drug-likeness (QED) is 0.681. The first kappa shape index (κ1) is 21.4. The number of rotatable bonds is 6. The van der Waals surface area contributed by atoms with Gasteiger partial charge in [-0.25, -0.2) is 18.2 Å². The average molecular weight is 439 g/mol. The molecule has 1 N–H and O–H groups in total. The molecule has 156 valence electrons. The van der Waals surface area contributed by atoms with Crippen LogP contribution >= 0.6 is 11.3 Å². The summed E-state index contributed by atoms with van der Waals surface area (Å²) in [7, 11) is -1.73. The van der Waals surface area contributed by atoms with Crippen LogP contribution in [0.4, 0.5) is 5.13 Å². The van der Waals surface area contributed by atoms with E-state index in [1.807, 2.05) is 7.05 Å². The van der Waals surface area contributed by atoms with Crippen LogP contribution in [0.3, 0.4) is 0 Å². The van der Waals surface area contributed by atoms with E-state index in [0.717, 1.165) is 11.3 Å². The third-order valence-corrected chi connectivity index (χ3v) is 7.06. The van der Waals surface area contributed by atoms with Crippen molar-refractivity contribution >= 4 is 38.4 Å². The van der Waals surface area contributed by atoms with E-state index in [9.17, 15) is 18.0 Å². The molecule has 0 saturated carbocycles. The van der Waals surface area contributed by atoms with E-state index < -0.39 is 21.9 Å². The van der Waals surface area contributed by atoms with Crippen LogP contribution in [0.2, 0.25) is 0 Å². The molecule has 1 aromatic carbocycles. The van der Waals surface area contributed by atoms with E-state index in [-0.39, 0.29) is 27.9 Å². The molecular weight excluding hydrogens is 416 g/mol. The topological polar surface area (TPSA) is 109 Å². The number of likely N-dealkylation sites (N-methyl/N-ethyl adjacent to an activating group) is 1. The van der Waals surface area contributed by atoms with Crippen molar-refractivity contribution in [2.75, 3.05) is 45.2 Å². The Balaban J connectivity index is 1.73. The Labute approximate surface area is 173 Å². The molecule has 1 saturated heterocycles. The van der Waals surface area contributed by atoms with Crippen LogP contribution in [0.1, 0.15) is 27.8 Å². The summed E-state index contributed by atoms with van der Waals surface area (Å²) in [6.07, 6.45) is 0. The fraction of sp³-hybridized carbons (Fsp3) is 0.389. The zero-order chi connectivity index (χ0) is 21.0. The summed E-state index contributed by atoms with van der Waals surface area (Å²) in [6.45, 7) is 4.05. The smallest absolute Gasteiger partial charge is 0.357 e. The van der Waals surface area contributed by atoms with E-state index in [1.165, 1.54) is 34.0 Å². The SMILES string of the molecule is CCOC(=O)c1csc(NC(=O)c2cccc(S(=O)(=O)N3CCN(C)CC3)c2)n1. The molecule has 9 nitrogen and oxygen atoms in total. The lowest BCUT2D eigenvalue weighted by atomic mass is 10.2. The van der Waals surface area contributed by atoms with Crippen molar-refractivity contribution in [3.63, 3.8) is 0 Å². The van der Waals surface area contributed by atoms with Gasteiger partial charge in [0, 0.05) is 37.1 Å². The number of aromatic nitrogens is 1. The molecule has 29 heavy (non-hydrogen) atoms. The third kappa shape index (κ3) is 4.99. The number of nitrogens with zero attached hydrogens (tertiary/aromatic N) is 3. The van der Waals surface area contributed by atoms with Crippen LogP contribution in [-0.2, 0) is 14.8 Å². The molecular formula is C18H22N4O5S2. The average Bonchev–Trinajstić information content (AvgIpc) is 3.17. The number of anilines is 1. The van der Waals surface area contributed by atoms with Gasteiger partial charge in [0.2, 0.25) is 10.0 Å². The molecule has 1 aliphatic rings. The minimum absolute atomic E-state index is 0.0704. The Morgan fingerprint density at radius 3 is 2.66 bits per heavy atom. The number of nitrogens with one attached hydrogen (secondary N) is 1. The second-order valence-electron chi connectivity index (χ2n) is 6.45. The summed E-state index contributed by atoms with van der Waals surface area (Å²) in [6, 6.07) is 5.89. The largest absolute Gasteiger partial charge is 0.461 e. The molecule has 2 aromatic rings. The summed E-state index contributed by atoms with van der Waals surface area (Å²) >= 11 is 1.08. The molecule has 11 heteroatoms. The zero-order valence-electron chi connectivity index (χ0n) is 16.1. The fourth-order valence-corrected chi connectivity index (χ4v) is 4.92. The number of esters is 1. The molecule has 1 aromatic heterocycles. The van der Waals surface area contributed by atoms with E-state index in [2.05, 4.69) is 15.2 Å². The van der Waals surface area contributed by atoms with Gasteiger partial charge >= 0.3 is 5.97 Å². The highest BCUT2D eigenvalue weighted by Gasteiger charge is 2.28. The normalized spacial score (nSPS) is 15.8.